The standard InChI is InChI=1S/C17H21NO2/c19-16(4-3-15-2-1-5-20-15)18-17-9-12-6-13(10-17)8-14(7-12)11-17/h1-5,12-14H,6-11H2,(H,18,19). The highest BCUT2D eigenvalue weighted by Crippen LogP contribution is 2.55. The molecule has 5 rings (SSSR count). The summed E-state index contributed by atoms with van der Waals surface area (Å²) in [6, 6.07) is 3.69. The minimum Gasteiger partial charge on any atom is -0.465 e. The predicted molar refractivity (Wildman–Crippen MR) is 76.8 cm³/mol. The van der Waals surface area contributed by atoms with Crippen LogP contribution >= 0.6 is 0 Å². The van der Waals surface area contributed by atoms with Gasteiger partial charge >= 0.3 is 0 Å². The van der Waals surface area contributed by atoms with Gasteiger partial charge in [0.05, 0.1) is 6.26 Å². The molecule has 1 N–H and O–H groups in total. The highest BCUT2D eigenvalue weighted by atomic mass is 16.3. The summed E-state index contributed by atoms with van der Waals surface area (Å²) < 4.78 is 5.21. The second-order valence-electron chi connectivity index (χ2n) is 7.04. The third-order valence-corrected chi connectivity index (χ3v) is 5.37. The Kier molecular flexibility index (Phi) is 2.76. The van der Waals surface area contributed by atoms with Gasteiger partial charge in [-0.3, -0.25) is 4.79 Å². The fourth-order valence-corrected chi connectivity index (χ4v) is 5.11. The van der Waals surface area contributed by atoms with Crippen molar-refractivity contribution < 1.29 is 9.21 Å². The number of amides is 1. The fourth-order valence-electron chi connectivity index (χ4n) is 5.11. The first-order valence-electron chi connectivity index (χ1n) is 7.74. The zero-order valence-electron chi connectivity index (χ0n) is 11.7. The van der Waals surface area contributed by atoms with Gasteiger partial charge in [-0.15, -0.1) is 0 Å². The molecule has 0 unspecified atom stereocenters. The van der Waals surface area contributed by atoms with Crippen LogP contribution in [0.25, 0.3) is 6.08 Å². The van der Waals surface area contributed by atoms with Gasteiger partial charge in [-0.1, -0.05) is 0 Å². The Bertz CT molecular complexity index is 494. The number of carbonyl (C=O) groups excluding carboxylic acids is 1. The van der Waals surface area contributed by atoms with E-state index < -0.39 is 0 Å². The maximum atomic E-state index is 12.2. The number of rotatable bonds is 3. The van der Waals surface area contributed by atoms with Crippen molar-refractivity contribution in [1.29, 1.82) is 0 Å². The van der Waals surface area contributed by atoms with Crippen molar-refractivity contribution in [2.24, 2.45) is 17.8 Å². The molecule has 1 amide bonds. The number of furan rings is 1. The summed E-state index contributed by atoms with van der Waals surface area (Å²) >= 11 is 0. The number of carbonyl (C=O) groups is 1. The van der Waals surface area contributed by atoms with E-state index in [0.717, 1.165) is 23.5 Å². The van der Waals surface area contributed by atoms with Gasteiger partial charge in [0.15, 0.2) is 0 Å². The van der Waals surface area contributed by atoms with E-state index >= 15 is 0 Å². The van der Waals surface area contributed by atoms with Gasteiger partial charge in [0, 0.05) is 11.6 Å². The van der Waals surface area contributed by atoms with Crippen molar-refractivity contribution in [3.8, 4) is 0 Å². The molecule has 1 aromatic heterocycles. The van der Waals surface area contributed by atoms with Crippen LogP contribution in [0.15, 0.2) is 28.9 Å². The van der Waals surface area contributed by atoms with Crippen LogP contribution in [-0.4, -0.2) is 11.4 Å². The van der Waals surface area contributed by atoms with Crippen LogP contribution in [0.5, 0.6) is 0 Å². The van der Waals surface area contributed by atoms with Gasteiger partial charge < -0.3 is 9.73 Å². The quantitative estimate of drug-likeness (QED) is 0.856. The Morgan fingerprint density at radius 2 is 1.85 bits per heavy atom. The van der Waals surface area contributed by atoms with Crippen molar-refractivity contribution in [2.45, 2.75) is 44.1 Å². The number of nitrogens with one attached hydrogen (secondary N) is 1. The second-order valence-corrected chi connectivity index (χ2v) is 7.04. The Morgan fingerprint density at radius 1 is 1.20 bits per heavy atom. The fraction of sp³-hybridized carbons (Fsp3) is 0.588. The van der Waals surface area contributed by atoms with E-state index in [9.17, 15) is 4.79 Å². The summed E-state index contributed by atoms with van der Waals surface area (Å²) in [4.78, 5) is 12.2. The van der Waals surface area contributed by atoms with E-state index in [4.69, 9.17) is 4.42 Å². The normalized spacial score (nSPS) is 38.5. The maximum Gasteiger partial charge on any atom is 0.244 e. The molecule has 4 fully saturated rings. The molecular formula is C17H21NO2. The van der Waals surface area contributed by atoms with Crippen LogP contribution in [0.3, 0.4) is 0 Å². The molecule has 1 aromatic rings. The van der Waals surface area contributed by atoms with Gasteiger partial charge in [-0.05, 0) is 74.5 Å². The van der Waals surface area contributed by atoms with Crippen molar-refractivity contribution in [1.82, 2.24) is 5.32 Å². The van der Waals surface area contributed by atoms with Gasteiger partial charge in [-0.25, -0.2) is 0 Å². The number of hydrogen-bond donors (Lipinski definition) is 1. The monoisotopic (exact) mass is 271 g/mol. The molecule has 0 aromatic carbocycles. The highest BCUT2D eigenvalue weighted by molar-refractivity contribution is 5.91. The van der Waals surface area contributed by atoms with Gasteiger partial charge in [-0.2, -0.15) is 0 Å². The van der Waals surface area contributed by atoms with Crippen molar-refractivity contribution in [3.05, 3.63) is 30.2 Å². The highest BCUT2D eigenvalue weighted by Gasteiger charge is 2.51. The summed E-state index contributed by atoms with van der Waals surface area (Å²) in [5, 5.41) is 3.32. The van der Waals surface area contributed by atoms with Gasteiger partial charge in [0.2, 0.25) is 5.91 Å². The lowest BCUT2D eigenvalue weighted by Crippen LogP contribution is -2.59. The van der Waals surface area contributed by atoms with E-state index in [1.165, 1.54) is 38.5 Å². The minimum absolute atomic E-state index is 0.0309. The van der Waals surface area contributed by atoms with E-state index in [-0.39, 0.29) is 11.4 Å². The summed E-state index contributed by atoms with van der Waals surface area (Å²) in [7, 11) is 0. The van der Waals surface area contributed by atoms with Crippen LogP contribution in [0.2, 0.25) is 0 Å². The first-order chi connectivity index (χ1) is 9.71. The lowest BCUT2D eigenvalue weighted by molar-refractivity contribution is -0.122. The van der Waals surface area contributed by atoms with E-state index in [0.29, 0.717) is 0 Å². The Balaban J connectivity index is 1.44. The molecule has 20 heavy (non-hydrogen) atoms. The lowest BCUT2D eigenvalue weighted by atomic mass is 9.53. The SMILES string of the molecule is O=C(C=Cc1ccco1)NC12CC3CC(CC(C3)C1)C2. The molecule has 3 heteroatoms. The molecule has 0 atom stereocenters. The van der Waals surface area contributed by atoms with Crippen LogP contribution in [-0.2, 0) is 4.79 Å². The average Bonchev–Trinajstić information content (AvgIpc) is 2.87. The Morgan fingerprint density at radius 3 is 2.40 bits per heavy atom. The molecule has 0 aliphatic heterocycles. The largest absolute Gasteiger partial charge is 0.465 e. The molecule has 0 saturated heterocycles. The first-order valence-corrected chi connectivity index (χ1v) is 7.74. The van der Waals surface area contributed by atoms with Crippen LogP contribution < -0.4 is 5.32 Å². The van der Waals surface area contributed by atoms with Crippen LogP contribution in [0.4, 0.5) is 0 Å². The lowest BCUT2D eigenvalue weighted by Gasteiger charge is -2.56. The molecule has 4 bridgehead atoms. The molecule has 4 aliphatic rings. The summed E-state index contributed by atoms with van der Waals surface area (Å²) in [6.07, 6.45) is 12.8. The van der Waals surface area contributed by atoms with Crippen LogP contribution in [0, 0.1) is 17.8 Å². The van der Waals surface area contributed by atoms with Crippen LogP contribution in [0.1, 0.15) is 44.3 Å². The molecule has 4 aliphatic carbocycles. The minimum atomic E-state index is 0.0309. The Labute approximate surface area is 119 Å². The third kappa shape index (κ3) is 2.19. The first kappa shape index (κ1) is 12.2. The maximum absolute atomic E-state index is 12.2. The van der Waals surface area contributed by atoms with Crippen molar-refractivity contribution in [3.63, 3.8) is 0 Å². The van der Waals surface area contributed by atoms with Gasteiger partial charge in [0.25, 0.3) is 0 Å². The third-order valence-electron chi connectivity index (χ3n) is 5.37. The van der Waals surface area contributed by atoms with Gasteiger partial charge in [0.1, 0.15) is 5.76 Å². The Hall–Kier alpha value is -1.51. The van der Waals surface area contributed by atoms with Crippen molar-refractivity contribution in [2.75, 3.05) is 0 Å². The summed E-state index contributed by atoms with van der Waals surface area (Å²) in [5.74, 6) is 3.33. The van der Waals surface area contributed by atoms with E-state index in [1.807, 2.05) is 12.1 Å². The zero-order valence-corrected chi connectivity index (χ0v) is 11.7. The average molecular weight is 271 g/mol. The second kappa shape index (κ2) is 4.51. The summed E-state index contributed by atoms with van der Waals surface area (Å²) in [6.45, 7) is 0. The topological polar surface area (TPSA) is 42.2 Å². The molecule has 0 spiro atoms. The van der Waals surface area contributed by atoms with E-state index in [1.54, 1.807) is 18.4 Å². The molecule has 106 valence electrons. The molecule has 0 radical (unpaired) electrons. The van der Waals surface area contributed by atoms with Crippen molar-refractivity contribution >= 4 is 12.0 Å². The molecule has 4 saturated carbocycles. The zero-order chi connectivity index (χ0) is 13.6. The summed E-state index contributed by atoms with van der Waals surface area (Å²) in [5.41, 5.74) is 0.0966. The molecular weight excluding hydrogens is 250 g/mol. The molecule has 3 nitrogen and oxygen atoms in total. The smallest absolute Gasteiger partial charge is 0.244 e. The molecule has 1 heterocycles. The number of hydrogen-bond acceptors (Lipinski definition) is 2. The predicted octanol–water partition coefficient (Wildman–Crippen LogP) is 3.38. The van der Waals surface area contributed by atoms with E-state index in [2.05, 4.69) is 5.32 Å².